The van der Waals surface area contributed by atoms with Crippen LogP contribution >= 0.6 is 0 Å². The monoisotopic (exact) mass is 825 g/mol. The van der Waals surface area contributed by atoms with Crippen LogP contribution in [0.3, 0.4) is 0 Å². The van der Waals surface area contributed by atoms with Crippen molar-refractivity contribution in [3.63, 3.8) is 0 Å². The Morgan fingerprint density at radius 1 is 0.524 bits per heavy atom. The van der Waals surface area contributed by atoms with Crippen LogP contribution in [0.1, 0.15) is 40.0 Å². The molecule has 0 amide bonds. The standard InChI is InChI=1S/C57H45N5O/c1-57(2,3)41-33-48(39-17-6-4-7-18-39)56(49(34-41)40-19-8-5-9-20-40)61-38-60(52-25-12-13-26-53(52)61)42-21-16-22-43(35-42)63-44-28-29-47-50-37-58-32-30-45(50)46-23-10-11-24-51(46)62(54(47)36-44)55-27-14-15-31-59-55/h4-37H,38H2,1-3H3/i4D,5D,6D,7D,8D,9D,17D,18D,19D,20D. The fourth-order valence-corrected chi connectivity index (χ4v) is 8.58. The zero-order valence-electron chi connectivity index (χ0n) is 44.7. The molecular weight excluding hydrogens is 771 g/mol. The molecule has 63 heavy (non-hydrogen) atoms. The summed E-state index contributed by atoms with van der Waals surface area (Å²) in [5.41, 5.74) is 8.56. The highest BCUT2D eigenvalue weighted by Crippen LogP contribution is 2.53. The number of nitrogens with zero attached hydrogens (tertiary/aromatic N) is 5. The maximum atomic E-state index is 9.26. The first-order chi connectivity index (χ1) is 35.0. The van der Waals surface area contributed by atoms with Crippen LogP contribution in [-0.4, -0.2) is 16.6 Å². The summed E-state index contributed by atoms with van der Waals surface area (Å²) >= 11 is 0. The smallest absolute Gasteiger partial charge is 0.137 e. The van der Waals surface area contributed by atoms with Crippen molar-refractivity contribution in [2.75, 3.05) is 21.4 Å². The molecule has 0 saturated heterocycles. The minimum Gasteiger partial charge on any atom is -0.457 e. The third-order valence-electron chi connectivity index (χ3n) is 11.5. The number of hydrogen-bond donors (Lipinski definition) is 0. The molecule has 0 radical (unpaired) electrons. The summed E-state index contributed by atoms with van der Waals surface area (Å²) in [6, 6.07) is 35.9. The average Bonchev–Trinajstić information content (AvgIpc) is 3.73. The number of rotatable bonds is 7. The molecule has 0 saturated carbocycles. The van der Waals surface area contributed by atoms with Crippen molar-refractivity contribution in [3.05, 3.63) is 212 Å². The molecule has 0 aliphatic carbocycles. The summed E-state index contributed by atoms with van der Waals surface area (Å²) in [6.07, 6.45) is 5.46. The Kier molecular flexibility index (Phi) is 7.02. The first-order valence-electron chi connectivity index (χ1n) is 25.7. The van der Waals surface area contributed by atoms with E-state index in [4.69, 9.17) is 17.9 Å². The number of hydrogen-bond acceptors (Lipinski definition) is 6. The second kappa shape index (κ2) is 15.5. The van der Waals surface area contributed by atoms with Crippen LogP contribution in [0.5, 0.6) is 11.5 Å². The van der Waals surface area contributed by atoms with Crippen LogP contribution in [0, 0.1) is 0 Å². The molecule has 6 nitrogen and oxygen atoms in total. The number of benzene rings is 7. The van der Waals surface area contributed by atoms with Gasteiger partial charge in [0.05, 0.1) is 42.1 Å². The van der Waals surface area contributed by atoms with Gasteiger partial charge in [0.25, 0.3) is 0 Å². The number of fused-ring (bicyclic) bond motifs is 6. The van der Waals surface area contributed by atoms with Crippen molar-refractivity contribution >= 4 is 39.9 Å². The van der Waals surface area contributed by atoms with Crippen molar-refractivity contribution in [1.29, 1.82) is 0 Å². The van der Waals surface area contributed by atoms with Gasteiger partial charge in [0.2, 0.25) is 0 Å². The van der Waals surface area contributed by atoms with E-state index >= 15 is 0 Å². The largest absolute Gasteiger partial charge is 0.457 e. The molecular formula is C57H45N5O. The Hall–Kier alpha value is -7.96. The fraction of sp³-hybridized carbons (Fsp3) is 0.0877. The van der Waals surface area contributed by atoms with Crippen molar-refractivity contribution in [1.82, 2.24) is 9.97 Å². The van der Waals surface area contributed by atoms with E-state index in [1.807, 2.05) is 135 Å². The van der Waals surface area contributed by atoms with E-state index in [0.29, 0.717) is 28.4 Å². The van der Waals surface area contributed by atoms with Gasteiger partial charge in [0.15, 0.2) is 0 Å². The lowest BCUT2D eigenvalue weighted by Gasteiger charge is -2.30. The number of ether oxygens (including phenoxy) is 1. The molecule has 9 aromatic rings. The zero-order chi connectivity index (χ0) is 51.2. The Morgan fingerprint density at radius 2 is 1.17 bits per heavy atom. The first-order valence-corrected chi connectivity index (χ1v) is 20.7. The minimum absolute atomic E-state index is 0.0855. The molecule has 0 fully saturated rings. The van der Waals surface area contributed by atoms with E-state index in [2.05, 4.69) is 26.9 Å². The quantitative estimate of drug-likeness (QED) is 0.159. The SMILES string of the molecule is [2H]c1c([2H])c([2H])c(-c2cc(C(C)(C)C)cc(-c3c([2H])c([2H])c([2H])c([2H])c3[2H])c2N2CN(c3cccc(Oc4ccc5c(c4)N(c4ccccn4)c4ccccc4-c4ccncc4-5)c3)c3ccccc32)c([2H])c1[2H]. The van der Waals surface area contributed by atoms with Gasteiger partial charge in [-0.05, 0) is 100 Å². The molecule has 304 valence electrons. The summed E-state index contributed by atoms with van der Waals surface area (Å²) < 4.78 is 95.8. The summed E-state index contributed by atoms with van der Waals surface area (Å²) in [5, 5.41) is 0. The number of aromatic nitrogens is 2. The first kappa shape index (κ1) is 28.5. The molecule has 7 aromatic carbocycles. The molecule has 6 heteroatoms. The molecule has 11 rings (SSSR count). The summed E-state index contributed by atoms with van der Waals surface area (Å²) in [6.45, 7) is 5.97. The predicted octanol–water partition coefficient (Wildman–Crippen LogP) is 15.3. The topological polar surface area (TPSA) is 44.7 Å². The summed E-state index contributed by atoms with van der Waals surface area (Å²) in [7, 11) is 0. The third kappa shape index (κ3) is 6.86. The highest BCUT2D eigenvalue weighted by atomic mass is 16.5. The normalized spacial score (nSPS) is 15.1. The van der Waals surface area contributed by atoms with Gasteiger partial charge in [0, 0.05) is 64.2 Å². The maximum Gasteiger partial charge on any atom is 0.137 e. The fourth-order valence-electron chi connectivity index (χ4n) is 8.58. The lowest BCUT2D eigenvalue weighted by molar-refractivity contribution is 0.483. The number of para-hydroxylation sites is 3. The minimum atomic E-state index is -0.613. The summed E-state index contributed by atoms with van der Waals surface area (Å²) in [4.78, 5) is 15.4. The number of anilines is 7. The lowest BCUT2D eigenvalue weighted by Crippen LogP contribution is -2.25. The second-order valence-corrected chi connectivity index (χ2v) is 16.4. The van der Waals surface area contributed by atoms with Crippen molar-refractivity contribution in [2.45, 2.75) is 26.2 Å². The Labute approximate surface area is 383 Å². The molecule has 2 aliphatic heterocycles. The highest BCUT2D eigenvalue weighted by Gasteiger charge is 2.33. The average molecular weight is 826 g/mol. The van der Waals surface area contributed by atoms with Crippen LogP contribution in [0.25, 0.3) is 44.5 Å². The maximum absolute atomic E-state index is 9.26. The molecule has 0 N–H and O–H groups in total. The van der Waals surface area contributed by atoms with Gasteiger partial charge in [-0.1, -0.05) is 124 Å². The van der Waals surface area contributed by atoms with E-state index in [1.165, 1.54) is 0 Å². The van der Waals surface area contributed by atoms with Crippen molar-refractivity contribution < 1.29 is 18.4 Å². The lowest BCUT2D eigenvalue weighted by atomic mass is 9.82. The third-order valence-corrected chi connectivity index (χ3v) is 11.5. The molecule has 0 spiro atoms. The Balaban J connectivity index is 1.06. The van der Waals surface area contributed by atoms with Crippen LogP contribution in [0.4, 0.5) is 39.9 Å². The van der Waals surface area contributed by atoms with Crippen LogP contribution in [-0.2, 0) is 5.41 Å². The summed E-state index contributed by atoms with van der Waals surface area (Å²) in [5.74, 6) is 1.82. The van der Waals surface area contributed by atoms with Gasteiger partial charge in [-0.2, -0.15) is 0 Å². The molecule has 2 aromatic heterocycles. The van der Waals surface area contributed by atoms with E-state index in [0.717, 1.165) is 50.8 Å². The Morgan fingerprint density at radius 3 is 1.87 bits per heavy atom. The van der Waals surface area contributed by atoms with Gasteiger partial charge in [-0.25, -0.2) is 4.98 Å². The van der Waals surface area contributed by atoms with Crippen molar-refractivity contribution in [3.8, 4) is 56.0 Å². The van der Waals surface area contributed by atoms with Crippen LogP contribution in [0.15, 0.2) is 206 Å². The van der Waals surface area contributed by atoms with E-state index in [9.17, 15) is 5.48 Å². The van der Waals surface area contributed by atoms with E-state index < -0.39 is 65.8 Å². The van der Waals surface area contributed by atoms with Gasteiger partial charge in [0.1, 0.15) is 24.0 Å². The molecule has 2 aliphatic rings. The molecule has 0 bridgehead atoms. The van der Waals surface area contributed by atoms with Gasteiger partial charge >= 0.3 is 0 Å². The van der Waals surface area contributed by atoms with Crippen molar-refractivity contribution in [2.24, 2.45) is 0 Å². The van der Waals surface area contributed by atoms with Crippen LogP contribution in [0.2, 0.25) is 0 Å². The Bertz CT molecular complexity index is 3590. The van der Waals surface area contributed by atoms with Crippen LogP contribution < -0.4 is 19.4 Å². The highest BCUT2D eigenvalue weighted by molar-refractivity contribution is 6.02. The predicted molar refractivity (Wildman–Crippen MR) is 259 cm³/mol. The second-order valence-electron chi connectivity index (χ2n) is 16.4. The van der Waals surface area contributed by atoms with Gasteiger partial charge < -0.3 is 14.5 Å². The molecule has 0 unspecified atom stereocenters. The van der Waals surface area contributed by atoms with Gasteiger partial charge in [-0.15, -0.1) is 0 Å². The van der Waals surface area contributed by atoms with E-state index in [-0.39, 0.29) is 28.9 Å². The zero-order valence-corrected chi connectivity index (χ0v) is 34.7. The number of pyridine rings is 2. The van der Waals surface area contributed by atoms with Gasteiger partial charge in [-0.3, -0.25) is 9.88 Å². The molecule has 0 atom stereocenters. The molecule has 4 heterocycles. The van der Waals surface area contributed by atoms with E-state index in [1.54, 1.807) is 24.5 Å².